The zero-order valence-electron chi connectivity index (χ0n) is 8.07. The molecule has 2 aromatic rings. The summed E-state index contributed by atoms with van der Waals surface area (Å²) in [6.45, 7) is 0. The first kappa shape index (κ1) is 12.3. The van der Waals surface area contributed by atoms with Crippen molar-refractivity contribution >= 4 is 60.9 Å². The molecule has 0 aliphatic heterocycles. The van der Waals surface area contributed by atoms with Gasteiger partial charge in [-0.15, -0.1) is 11.3 Å². The van der Waals surface area contributed by atoms with Gasteiger partial charge in [-0.2, -0.15) is 9.97 Å². The van der Waals surface area contributed by atoms with Gasteiger partial charge in [-0.05, 0) is 44.2 Å². The number of hydrogen-bond donors (Lipinski definition) is 1. The smallest absolute Gasteiger partial charge is 0.224 e. The van der Waals surface area contributed by atoms with E-state index in [2.05, 4.69) is 46.8 Å². The molecule has 0 unspecified atom stereocenters. The molecule has 2 rings (SSSR count). The molecule has 0 saturated heterocycles. The number of rotatable bonds is 2. The molecule has 0 saturated carbocycles. The van der Waals surface area contributed by atoms with Crippen molar-refractivity contribution < 1.29 is 0 Å². The zero-order chi connectivity index (χ0) is 11.7. The summed E-state index contributed by atoms with van der Waals surface area (Å²) in [6, 6.07) is 1.95. The summed E-state index contributed by atoms with van der Waals surface area (Å²) in [5.74, 6) is 0.828. The topological polar surface area (TPSA) is 64.7 Å². The third-order valence-corrected chi connectivity index (χ3v) is 4.60. The normalized spacial score (nSPS) is 10.7. The number of halogens is 2. The minimum Gasteiger partial charge on any atom is -0.368 e. The van der Waals surface area contributed by atoms with Crippen LogP contribution in [0.4, 0.5) is 5.95 Å². The van der Waals surface area contributed by atoms with Crippen molar-refractivity contribution in [2.75, 3.05) is 12.0 Å². The summed E-state index contributed by atoms with van der Waals surface area (Å²) in [6.07, 6.45) is 1.90. The van der Waals surface area contributed by atoms with Crippen molar-refractivity contribution in [3.8, 4) is 11.4 Å². The van der Waals surface area contributed by atoms with E-state index in [-0.39, 0.29) is 5.95 Å². The molecule has 0 atom stereocenters. The van der Waals surface area contributed by atoms with Crippen LogP contribution in [0, 0.1) is 0 Å². The number of anilines is 1. The summed E-state index contributed by atoms with van der Waals surface area (Å²) in [4.78, 5) is 12.4. The minimum absolute atomic E-state index is 0.239. The van der Waals surface area contributed by atoms with E-state index in [4.69, 9.17) is 5.73 Å². The highest BCUT2D eigenvalue weighted by Crippen LogP contribution is 2.37. The van der Waals surface area contributed by atoms with Crippen LogP contribution in [0.3, 0.4) is 0 Å². The Morgan fingerprint density at radius 1 is 1.31 bits per heavy atom. The molecule has 4 nitrogen and oxygen atoms in total. The molecule has 0 aliphatic carbocycles. The van der Waals surface area contributed by atoms with Crippen LogP contribution < -0.4 is 5.73 Å². The molecule has 0 aliphatic rings. The molecule has 0 aromatic carbocycles. The Bertz CT molecular complexity index is 529. The van der Waals surface area contributed by atoms with Crippen molar-refractivity contribution in [1.82, 2.24) is 15.0 Å². The lowest BCUT2D eigenvalue weighted by molar-refractivity contribution is 0.927. The number of nitrogen functional groups attached to an aromatic ring is 1. The minimum atomic E-state index is 0.239. The summed E-state index contributed by atoms with van der Waals surface area (Å²) < 4.78 is 1.98. The van der Waals surface area contributed by atoms with Gasteiger partial charge in [-0.25, -0.2) is 4.98 Å². The third kappa shape index (κ3) is 2.55. The van der Waals surface area contributed by atoms with E-state index in [0.717, 1.165) is 13.1 Å². The lowest BCUT2D eigenvalue weighted by atomic mass is 10.3. The highest BCUT2D eigenvalue weighted by Gasteiger charge is 2.12. The van der Waals surface area contributed by atoms with Gasteiger partial charge in [-0.3, -0.25) is 0 Å². The lowest BCUT2D eigenvalue weighted by Crippen LogP contribution is -2.00. The summed E-state index contributed by atoms with van der Waals surface area (Å²) in [5, 5.41) is 0.622. The molecule has 0 amide bonds. The Kier molecular flexibility index (Phi) is 3.83. The maximum absolute atomic E-state index is 5.63. The third-order valence-electron chi connectivity index (χ3n) is 1.71. The largest absolute Gasteiger partial charge is 0.368 e. The maximum Gasteiger partial charge on any atom is 0.224 e. The van der Waals surface area contributed by atoms with Crippen LogP contribution in [-0.4, -0.2) is 21.2 Å². The number of hydrogen-bond acceptors (Lipinski definition) is 6. The second-order valence-corrected chi connectivity index (χ2v) is 7.26. The monoisotopic (exact) mass is 380 g/mol. The highest BCUT2D eigenvalue weighted by atomic mass is 79.9. The molecule has 8 heteroatoms. The molecule has 0 bridgehead atoms. The predicted octanol–water partition coefficient (Wildman–Crippen LogP) is 3.43. The van der Waals surface area contributed by atoms with E-state index in [1.54, 1.807) is 11.3 Å². The van der Waals surface area contributed by atoms with Gasteiger partial charge in [0, 0.05) is 5.56 Å². The fourth-order valence-corrected chi connectivity index (χ4v) is 4.23. The van der Waals surface area contributed by atoms with E-state index < -0.39 is 0 Å². The van der Waals surface area contributed by atoms with Gasteiger partial charge in [0.1, 0.15) is 0 Å². The van der Waals surface area contributed by atoms with E-state index in [1.807, 2.05) is 12.3 Å². The molecule has 2 heterocycles. The van der Waals surface area contributed by atoms with Crippen LogP contribution >= 0.6 is 55.0 Å². The Hall–Kier alpha value is -0.180. The van der Waals surface area contributed by atoms with Gasteiger partial charge < -0.3 is 5.73 Å². The molecule has 0 spiro atoms. The van der Waals surface area contributed by atoms with Crippen molar-refractivity contribution in [3.63, 3.8) is 0 Å². The Balaban J connectivity index is 2.55. The number of aromatic nitrogens is 3. The zero-order valence-corrected chi connectivity index (χ0v) is 12.9. The van der Waals surface area contributed by atoms with E-state index in [9.17, 15) is 0 Å². The Labute approximate surface area is 117 Å². The van der Waals surface area contributed by atoms with Crippen LogP contribution in [0.1, 0.15) is 0 Å². The van der Waals surface area contributed by atoms with E-state index in [0.29, 0.717) is 11.0 Å². The van der Waals surface area contributed by atoms with Gasteiger partial charge in [0.05, 0.1) is 7.57 Å². The Morgan fingerprint density at radius 3 is 2.62 bits per heavy atom. The molecule has 16 heavy (non-hydrogen) atoms. The van der Waals surface area contributed by atoms with Crippen molar-refractivity contribution in [2.45, 2.75) is 5.16 Å². The fraction of sp³-hybridized carbons (Fsp3) is 0.125. The summed E-state index contributed by atoms with van der Waals surface area (Å²) in [5.41, 5.74) is 6.55. The molecular weight excluding hydrogens is 376 g/mol. The number of thioether (sulfide) groups is 1. The van der Waals surface area contributed by atoms with Crippen molar-refractivity contribution in [1.29, 1.82) is 0 Å². The van der Waals surface area contributed by atoms with Crippen LogP contribution in [0.25, 0.3) is 11.4 Å². The first-order valence-electron chi connectivity index (χ1n) is 4.11. The standard InChI is InChI=1S/C8H6Br2N4S2/c1-15-8-13-6(12-7(11)14-8)3-2-4(9)16-5(3)10/h2H,1H3,(H2,11,12,13,14). The maximum atomic E-state index is 5.63. The molecule has 0 radical (unpaired) electrons. The van der Waals surface area contributed by atoms with Crippen LogP contribution in [0.5, 0.6) is 0 Å². The first-order valence-corrected chi connectivity index (χ1v) is 7.73. The van der Waals surface area contributed by atoms with Crippen LogP contribution in [0.2, 0.25) is 0 Å². The molecule has 2 aromatic heterocycles. The van der Waals surface area contributed by atoms with Crippen LogP contribution in [0.15, 0.2) is 18.8 Å². The average Bonchev–Trinajstić information content (AvgIpc) is 2.57. The van der Waals surface area contributed by atoms with Crippen molar-refractivity contribution in [3.05, 3.63) is 13.6 Å². The first-order chi connectivity index (χ1) is 7.60. The lowest BCUT2D eigenvalue weighted by Gasteiger charge is -2.01. The van der Waals surface area contributed by atoms with E-state index in [1.165, 1.54) is 11.8 Å². The number of thiophene rings is 1. The molecular formula is C8H6Br2N4S2. The van der Waals surface area contributed by atoms with Crippen LogP contribution in [-0.2, 0) is 0 Å². The van der Waals surface area contributed by atoms with Gasteiger partial charge in [0.2, 0.25) is 5.95 Å². The molecule has 2 N–H and O–H groups in total. The van der Waals surface area contributed by atoms with Gasteiger partial charge in [0.25, 0.3) is 0 Å². The predicted molar refractivity (Wildman–Crippen MR) is 74.7 cm³/mol. The van der Waals surface area contributed by atoms with Gasteiger partial charge in [0.15, 0.2) is 11.0 Å². The number of nitrogens with zero attached hydrogens (tertiary/aromatic N) is 3. The summed E-state index contributed by atoms with van der Waals surface area (Å²) in [7, 11) is 0. The molecule has 0 fully saturated rings. The van der Waals surface area contributed by atoms with Gasteiger partial charge in [-0.1, -0.05) is 11.8 Å². The Morgan fingerprint density at radius 2 is 2.06 bits per heavy atom. The van der Waals surface area contributed by atoms with Crippen molar-refractivity contribution in [2.24, 2.45) is 0 Å². The second kappa shape index (κ2) is 4.99. The van der Waals surface area contributed by atoms with Gasteiger partial charge >= 0.3 is 0 Å². The highest BCUT2D eigenvalue weighted by molar-refractivity contribution is 9.12. The average molecular weight is 382 g/mol. The fourth-order valence-electron chi connectivity index (χ4n) is 1.08. The second-order valence-electron chi connectivity index (χ2n) is 2.74. The SMILES string of the molecule is CSc1nc(N)nc(-c2cc(Br)sc2Br)n1. The quantitative estimate of drug-likeness (QED) is 0.807. The molecule has 84 valence electrons. The number of nitrogens with two attached hydrogens (primary N) is 1. The van der Waals surface area contributed by atoms with E-state index >= 15 is 0 Å². The summed E-state index contributed by atoms with van der Waals surface area (Å²) >= 11 is 9.89.